The minimum Gasteiger partial charge on any atom is -0.313 e. The van der Waals surface area contributed by atoms with Gasteiger partial charge in [0.25, 0.3) is 0 Å². The van der Waals surface area contributed by atoms with Gasteiger partial charge in [-0.15, -0.1) is 0 Å². The fraction of sp³-hybridized carbons (Fsp3) is 0.562. The minimum absolute atomic E-state index is 0.227. The zero-order valence-corrected chi connectivity index (χ0v) is 11.4. The first-order valence-electron chi connectivity index (χ1n) is 6.76. The van der Waals surface area contributed by atoms with Crippen LogP contribution in [-0.2, 0) is 11.8 Å². The maximum absolute atomic E-state index is 9.04. The largest absolute Gasteiger partial charge is 0.313 e. The van der Waals surface area contributed by atoms with Crippen molar-refractivity contribution in [3.05, 3.63) is 34.9 Å². The second-order valence-corrected chi connectivity index (χ2v) is 6.50. The molecular formula is C16H20N2. The number of hydrogen-bond donors (Lipinski definition) is 1. The van der Waals surface area contributed by atoms with Crippen LogP contribution in [0.4, 0.5) is 0 Å². The summed E-state index contributed by atoms with van der Waals surface area (Å²) in [6.45, 7) is 8.25. The van der Waals surface area contributed by atoms with Gasteiger partial charge in [-0.25, -0.2) is 0 Å². The number of piperidine rings is 1. The van der Waals surface area contributed by atoms with E-state index in [4.69, 9.17) is 5.26 Å². The maximum Gasteiger partial charge on any atom is 0.0991 e. The highest BCUT2D eigenvalue weighted by Crippen LogP contribution is 2.53. The Hall–Kier alpha value is -1.33. The molecule has 1 saturated heterocycles. The van der Waals surface area contributed by atoms with Gasteiger partial charge in [0, 0.05) is 11.5 Å². The van der Waals surface area contributed by atoms with Crippen LogP contribution in [0, 0.1) is 16.7 Å². The van der Waals surface area contributed by atoms with E-state index < -0.39 is 0 Å². The summed E-state index contributed by atoms with van der Waals surface area (Å²) in [4.78, 5) is 0. The highest BCUT2D eigenvalue weighted by molar-refractivity contribution is 5.46. The fourth-order valence-electron chi connectivity index (χ4n) is 3.86. The minimum atomic E-state index is 0.227. The summed E-state index contributed by atoms with van der Waals surface area (Å²) in [5.74, 6) is 0. The van der Waals surface area contributed by atoms with Crippen LogP contribution in [0.15, 0.2) is 18.2 Å². The molecule has 2 atom stereocenters. The van der Waals surface area contributed by atoms with Crippen LogP contribution in [0.1, 0.15) is 43.9 Å². The molecule has 0 amide bonds. The maximum atomic E-state index is 9.04. The van der Waals surface area contributed by atoms with Crippen molar-refractivity contribution in [2.75, 3.05) is 6.54 Å². The molecular weight excluding hydrogens is 220 g/mol. The first kappa shape index (κ1) is 11.7. The molecule has 2 aliphatic rings. The van der Waals surface area contributed by atoms with Gasteiger partial charge in [-0.05, 0) is 48.1 Å². The lowest BCUT2D eigenvalue weighted by Crippen LogP contribution is -2.62. The van der Waals surface area contributed by atoms with Gasteiger partial charge in [-0.2, -0.15) is 5.26 Å². The second kappa shape index (κ2) is 3.59. The summed E-state index contributed by atoms with van der Waals surface area (Å²) >= 11 is 0. The molecule has 1 aromatic carbocycles. The van der Waals surface area contributed by atoms with E-state index in [1.807, 2.05) is 6.07 Å². The van der Waals surface area contributed by atoms with Crippen molar-refractivity contribution in [3.63, 3.8) is 0 Å². The van der Waals surface area contributed by atoms with Crippen LogP contribution in [-0.4, -0.2) is 12.6 Å². The SMILES string of the molecule is CC12CCNC(Cc3cc(C#N)ccc31)C2(C)C. The average Bonchev–Trinajstić information content (AvgIpc) is 2.33. The van der Waals surface area contributed by atoms with Crippen LogP contribution >= 0.6 is 0 Å². The Morgan fingerprint density at radius 1 is 1.33 bits per heavy atom. The third-order valence-electron chi connectivity index (χ3n) is 5.56. The van der Waals surface area contributed by atoms with Crippen molar-refractivity contribution < 1.29 is 0 Å². The van der Waals surface area contributed by atoms with Gasteiger partial charge in [-0.3, -0.25) is 0 Å². The lowest BCUT2D eigenvalue weighted by Gasteiger charge is -2.57. The number of nitrogens with zero attached hydrogens (tertiary/aromatic N) is 1. The Bertz CT molecular complexity index is 539. The molecule has 2 nitrogen and oxygen atoms in total. The molecule has 2 heteroatoms. The molecule has 0 radical (unpaired) electrons. The summed E-state index contributed by atoms with van der Waals surface area (Å²) in [6.07, 6.45) is 2.23. The topological polar surface area (TPSA) is 35.8 Å². The second-order valence-electron chi connectivity index (χ2n) is 6.50. The molecule has 2 bridgehead atoms. The van der Waals surface area contributed by atoms with E-state index >= 15 is 0 Å². The molecule has 94 valence electrons. The van der Waals surface area contributed by atoms with Crippen molar-refractivity contribution in [2.45, 2.75) is 45.1 Å². The molecule has 1 aromatic rings. The molecule has 1 N–H and O–H groups in total. The average molecular weight is 240 g/mol. The van der Waals surface area contributed by atoms with E-state index in [1.54, 1.807) is 0 Å². The highest BCUT2D eigenvalue weighted by atomic mass is 15.0. The van der Waals surface area contributed by atoms with Gasteiger partial charge < -0.3 is 5.32 Å². The molecule has 1 aliphatic heterocycles. The number of fused-ring (bicyclic) bond motifs is 4. The van der Waals surface area contributed by atoms with E-state index in [9.17, 15) is 0 Å². The van der Waals surface area contributed by atoms with Crippen LogP contribution in [0.25, 0.3) is 0 Å². The molecule has 1 heterocycles. The number of hydrogen-bond acceptors (Lipinski definition) is 2. The lowest BCUT2D eigenvalue weighted by atomic mass is 9.51. The number of rotatable bonds is 0. The molecule has 0 saturated carbocycles. The van der Waals surface area contributed by atoms with Crippen molar-refractivity contribution in [2.24, 2.45) is 5.41 Å². The predicted molar refractivity (Wildman–Crippen MR) is 72.4 cm³/mol. The highest BCUT2D eigenvalue weighted by Gasteiger charge is 2.53. The fourth-order valence-corrected chi connectivity index (χ4v) is 3.86. The summed E-state index contributed by atoms with van der Waals surface area (Å²) in [7, 11) is 0. The van der Waals surface area contributed by atoms with Crippen molar-refractivity contribution >= 4 is 0 Å². The number of nitrogens with one attached hydrogen (secondary N) is 1. The molecule has 1 aliphatic carbocycles. The first-order valence-corrected chi connectivity index (χ1v) is 6.76. The summed E-state index contributed by atoms with van der Waals surface area (Å²) in [5.41, 5.74) is 4.11. The summed E-state index contributed by atoms with van der Waals surface area (Å²) in [5, 5.41) is 12.7. The number of nitriles is 1. The van der Waals surface area contributed by atoms with Crippen molar-refractivity contribution in [1.29, 1.82) is 5.26 Å². The first-order chi connectivity index (χ1) is 8.49. The smallest absolute Gasteiger partial charge is 0.0991 e. The Morgan fingerprint density at radius 3 is 2.83 bits per heavy atom. The van der Waals surface area contributed by atoms with Crippen LogP contribution in [0.5, 0.6) is 0 Å². The Balaban J connectivity index is 2.21. The zero-order chi connectivity index (χ0) is 13.0. The summed E-state index contributed by atoms with van der Waals surface area (Å²) < 4.78 is 0. The van der Waals surface area contributed by atoms with E-state index in [-0.39, 0.29) is 10.8 Å². The molecule has 0 aromatic heterocycles. The normalized spacial score (nSPS) is 32.4. The van der Waals surface area contributed by atoms with Gasteiger partial charge in [-0.1, -0.05) is 26.8 Å². The van der Waals surface area contributed by atoms with Crippen LogP contribution < -0.4 is 5.32 Å². The Labute approximate surface area is 109 Å². The molecule has 2 unspecified atom stereocenters. The molecule has 3 rings (SSSR count). The van der Waals surface area contributed by atoms with E-state index in [2.05, 4.69) is 44.3 Å². The third-order valence-corrected chi connectivity index (χ3v) is 5.56. The van der Waals surface area contributed by atoms with Crippen LogP contribution in [0.3, 0.4) is 0 Å². The van der Waals surface area contributed by atoms with Crippen molar-refractivity contribution in [3.8, 4) is 6.07 Å². The molecule has 18 heavy (non-hydrogen) atoms. The van der Waals surface area contributed by atoms with Crippen LogP contribution in [0.2, 0.25) is 0 Å². The number of benzene rings is 1. The summed E-state index contributed by atoms with van der Waals surface area (Å²) in [6, 6.07) is 9.03. The zero-order valence-electron chi connectivity index (χ0n) is 11.4. The van der Waals surface area contributed by atoms with Gasteiger partial charge >= 0.3 is 0 Å². The molecule has 1 fully saturated rings. The van der Waals surface area contributed by atoms with E-state index in [0.29, 0.717) is 6.04 Å². The lowest BCUT2D eigenvalue weighted by molar-refractivity contribution is 0.0559. The van der Waals surface area contributed by atoms with Gasteiger partial charge in [0.1, 0.15) is 0 Å². The monoisotopic (exact) mass is 240 g/mol. The Morgan fingerprint density at radius 2 is 2.11 bits per heavy atom. The van der Waals surface area contributed by atoms with Crippen molar-refractivity contribution in [1.82, 2.24) is 5.32 Å². The third kappa shape index (κ3) is 1.31. The molecule has 0 spiro atoms. The predicted octanol–water partition coefficient (Wildman–Crippen LogP) is 2.76. The van der Waals surface area contributed by atoms with Gasteiger partial charge in [0.05, 0.1) is 11.6 Å². The van der Waals surface area contributed by atoms with E-state index in [0.717, 1.165) is 18.5 Å². The standard InChI is InChI=1S/C16H20N2/c1-15(2)14-9-12-8-11(10-17)4-5-13(12)16(15,3)6-7-18-14/h4-5,8,14,18H,6-7,9H2,1-3H3. The van der Waals surface area contributed by atoms with E-state index in [1.165, 1.54) is 17.5 Å². The van der Waals surface area contributed by atoms with Gasteiger partial charge in [0.15, 0.2) is 0 Å². The Kier molecular flexibility index (Phi) is 2.34. The van der Waals surface area contributed by atoms with Gasteiger partial charge in [0.2, 0.25) is 0 Å². The quantitative estimate of drug-likeness (QED) is 0.757.